The number of nitrogens with zero attached hydrogens (tertiary/aromatic N) is 2. The zero-order valence-corrected chi connectivity index (χ0v) is 13.4. The monoisotopic (exact) mass is 354 g/mol. The van der Waals surface area contributed by atoms with Gasteiger partial charge in [-0.25, -0.2) is 4.98 Å². The number of alkyl halides is 3. The van der Waals surface area contributed by atoms with Gasteiger partial charge in [0.1, 0.15) is 5.82 Å². The molecule has 26 heavy (non-hydrogen) atoms. The van der Waals surface area contributed by atoms with Gasteiger partial charge in [-0.1, -0.05) is 12.1 Å². The topological polar surface area (TPSA) is 53.6 Å². The van der Waals surface area contributed by atoms with Gasteiger partial charge in [-0.15, -0.1) is 0 Å². The minimum atomic E-state index is -4.38. The van der Waals surface area contributed by atoms with Crippen molar-refractivity contribution in [2.45, 2.75) is 6.18 Å². The van der Waals surface area contributed by atoms with Crippen LogP contribution < -0.4 is 5.32 Å². The molecule has 0 amide bonds. The molecule has 130 valence electrons. The molecule has 0 aliphatic heterocycles. The second kappa shape index (κ2) is 6.18. The summed E-state index contributed by atoms with van der Waals surface area (Å²) in [6.45, 7) is 0. The number of H-pyrrole nitrogens is 1. The van der Waals surface area contributed by atoms with Gasteiger partial charge in [0.25, 0.3) is 0 Å². The van der Waals surface area contributed by atoms with Crippen LogP contribution in [0.3, 0.4) is 0 Å². The number of hydrogen-bond acceptors (Lipinski definition) is 3. The molecule has 3 heterocycles. The molecule has 4 nitrogen and oxygen atoms in total. The van der Waals surface area contributed by atoms with Crippen molar-refractivity contribution in [1.29, 1.82) is 0 Å². The zero-order chi connectivity index (χ0) is 18.1. The fourth-order valence-corrected chi connectivity index (χ4v) is 2.68. The maximum absolute atomic E-state index is 12.8. The highest BCUT2D eigenvalue weighted by Gasteiger charge is 2.30. The maximum atomic E-state index is 12.8. The predicted octanol–water partition coefficient (Wildman–Crippen LogP) is 5.39. The third-order valence-corrected chi connectivity index (χ3v) is 3.91. The molecule has 0 fully saturated rings. The molecule has 4 aromatic rings. The summed E-state index contributed by atoms with van der Waals surface area (Å²) in [5.74, 6) is 0.450. The highest BCUT2D eigenvalue weighted by atomic mass is 19.4. The molecule has 0 spiro atoms. The molecule has 0 saturated carbocycles. The van der Waals surface area contributed by atoms with Crippen molar-refractivity contribution >= 4 is 22.4 Å². The van der Waals surface area contributed by atoms with Crippen LogP contribution in [0.15, 0.2) is 67.0 Å². The van der Waals surface area contributed by atoms with E-state index in [2.05, 4.69) is 20.3 Å². The van der Waals surface area contributed by atoms with Crippen molar-refractivity contribution in [2.75, 3.05) is 5.32 Å². The van der Waals surface area contributed by atoms with Gasteiger partial charge >= 0.3 is 6.18 Å². The number of aromatic nitrogens is 3. The van der Waals surface area contributed by atoms with E-state index in [4.69, 9.17) is 0 Å². The van der Waals surface area contributed by atoms with Crippen LogP contribution in [-0.2, 0) is 6.18 Å². The molecular weight excluding hydrogens is 341 g/mol. The van der Waals surface area contributed by atoms with Crippen molar-refractivity contribution < 1.29 is 13.2 Å². The van der Waals surface area contributed by atoms with Crippen LogP contribution in [-0.4, -0.2) is 15.0 Å². The fraction of sp³-hybridized carbons (Fsp3) is 0.0526. The Bertz CT molecular complexity index is 1060. The van der Waals surface area contributed by atoms with E-state index < -0.39 is 11.7 Å². The fourth-order valence-electron chi connectivity index (χ4n) is 2.68. The second-order valence-corrected chi connectivity index (χ2v) is 5.76. The van der Waals surface area contributed by atoms with Crippen molar-refractivity contribution in [3.63, 3.8) is 0 Å². The smallest absolute Gasteiger partial charge is 0.353 e. The summed E-state index contributed by atoms with van der Waals surface area (Å²) >= 11 is 0. The van der Waals surface area contributed by atoms with E-state index in [0.29, 0.717) is 11.5 Å². The summed E-state index contributed by atoms with van der Waals surface area (Å²) in [5, 5.41) is 3.80. The van der Waals surface area contributed by atoms with E-state index in [1.165, 1.54) is 6.07 Å². The van der Waals surface area contributed by atoms with Gasteiger partial charge in [-0.2, -0.15) is 13.2 Å². The summed E-state index contributed by atoms with van der Waals surface area (Å²) < 4.78 is 38.5. The molecule has 4 rings (SSSR count). The molecule has 0 aliphatic carbocycles. The first-order valence-corrected chi connectivity index (χ1v) is 7.83. The van der Waals surface area contributed by atoms with Gasteiger partial charge < -0.3 is 10.3 Å². The molecule has 0 unspecified atom stereocenters. The number of hydrogen-bond donors (Lipinski definition) is 2. The van der Waals surface area contributed by atoms with E-state index in [1.54, 1.807) is 24.5 Å². The Balaban J connectivity index is 1.64. The van der Waals surface area contributed by atoms with Gasteiger partial charge in [0, 0.05) is 29.5 Å². The highest BCUT2D eigenvalue weighted by Crippen LogP contribution is 2.31. The Kier molecular flexibility index (Phi) is 3.84. The largest absolute Gasteiger partial charge is 0.416 e. The molecule has 0 radical (unpaired) electrons. The average molecular weight is 354 g/mol. The number of rotatable bonds is 3. The van der Waals surface area contributed by atoms with Gasteiger partial charge in [0.05, 0.1) is 22.5 Å². The van der Waals surface area contributed by atoms with Crippen molar-refractivity contribution in [3.8, 4) is 11.4 Å². The van der Waals surface area contributed by atoms with E-state index in [-0.39, 0.29) is 0 Å². The summed E-state index contributed by atoms with van der Waals surface area (Å²) in [4.78, 5) is 11.8. The van der Waals surface area contributed by atoms with Crippen LogP contribution in [0.4, 0.5) is 24.7 Å². The summed E-state index contributed by atoms with van der Waals surface area (Å²) in [5.41, 5.74) is 2.08. The van der Waals surface area contributed by atoms with Crippen LogP contribution in [0.2, 0.25) is 0 Å². The normalized spacial score (nSPS) is 11.7. The van der Waals surface area contributed by atoms with Gasteiger partial charge in [0.15, 0.2) is 0 Å². The van der Waals surface area contributed by atoms with E-state index in [1.807, 2.05) is 24.3 Å². The third-order valence-electron chi connectivity index (χ3n) is 3.91. The highest BCUT2D eigenvalue weighted by molar-refractivity contribution is 5.86. The van der Waals surface area contributed by atoms with Crippen LogP contribution in [0.5, 0.6) is 0 Å². The first-order valence-electron chi connectivity index (χ1n) is 7.83. The average Bonchev–Trinajstić information content (AvgIpc) is 3.05. The lowest BCUT2D eigenvalue weighted by molar-refractivity contribution is -0.137. The van der Waals surface area contributed by atoms with Crippen molar-refractivity contribution in [3.05, 3.63) is 72.6 Å². The summed E-state index contributed by atoms with van der Waals surface area (Å²) in [6.07, 6.45) is -1.01. The summed E-state index contributed by atoms with van der Waals surface area (Å²) in [7, 11) is 0. The first-order chi connectivity index (χ1) is 12.5. The third kappa shape index (κ3) is 3.23. The van der Waals surface area contributed by atoms with Crippen LogP contribution in [0.1, 0.15) is 5.56 Å². The van der Waals surface area contributed by atoms with Crippen LogP contribution >= 0.6 is 0 Å². The number of anilines is 2. The number of fused-ring (bicyclic) bond motifs is 1. The van der Waals surface area contributed by atoms with Crippen molar-refractivity contribution in [2.24, 2.45) is 0 Å². The lowest BCUT2D eigenvalue weighted by atomic mass is 10.2. The Morgan fingerprint density at radius 3 is 2.58 bits per heavy atom. The predicted molar refractivity (Wildman–Crippen MR) is 94.1 cm³/mol. The molecule has 7 heteroatoms. The second-order valence-electron chi connectivity index (χ2n) is 5.76. The molecule has 1 aromatic carbocycles. The number of nitrogens with one attached hydrogen (secondary N) is 2. The molecule has 0 aliphatic rings. The van der Waals surface area contributed by atoms with Crippen LogP contribution in [0.25, 0.3) is 22.3 Å². The molecular formula is C19H13F3N4. The standard InChI is InChI=1S/C19H13F3N4/c20-19(21,22)13-4-3-5-14(9-13)25-18-10-16-12(11-24-18)8-17(26-16)15-6-1-2-7-23-15/h1-11,26H,(H,24,25). The van der Waals surface area contributed by atoms with Gasteiger partial charge in [-0.3, -0.25) is 4.98 Å². The maximum Gasteiger partial charge on any atom is 0.416 e. The zero-order valence-electron chi connectivity index (χ0n) is 13.4. The number of pyridine rings is 2. The molecule has 0 atom stereocenters. The molecule has 3 aromatic heterocycles. The molecule has 2 N–H and O–H groups in total. The first kappa shape index (κ1) is 16.1. The number of aromatic amines is 1. The molecule has 0 bridgehead atoms. The minimum absolute atomic E-state index is 0.322. The van der Waals surface area contributed by atoms with E-state index in [0.717, 1.165) is 34.4 Å². The minimum Gasteiger partial charge on any atom is -0.353 e. The van der Waals surface area contributed by atoms with E-state index in [9.17, 15) is 13.2 Å². The SMILES string of the molecule is FC(F)(F)c1cccc(Nc2cc3[nH]c(-c4ccccn4)cc3cn2)c1. The van der Waals surface area contributed by atoms with Crippen molar-refractivity contribution in [1.82, 2.24) is 15.0 Å². The Hall–Kier alpha value is -3.35. The van der Waals surface area contributed by atoms with Crippen LogP contribution in [0, 0.1) is 0 Å². The Labute approximate surface area is 146 Å². The number of benzene rings is 1. The van der Waals surface area contributed by atoms with Gasteiger partial charge in [-0.05, 0) is 36.4 Å². The van der Waals surface area contributed by atoms with Gasteiger partial charge in [0.2, 0.25) is 0 Å². The lowest BCUT2D eigenvalue weighted by Crippen LogP contribution is -2.05. The summed E-state index contributed by atoms with van der Waals surface area (Å²) in [6, 6.07) is 14.3. The number of halogens is 3. The molecule has 0 saturated heterocycles. The Morgan fingerprint density at radius 2 is 1.81 bits per heavy atom. The quantitative estimate of drug-likeness (QED) is 0.519. The Morgan fingerprint density at radius 1 is 0.923 bits per heavy atom. The van der Waals surface area contributed by atoms with E-state index >= 15 is 0 Å². The lowest BCUT2D eigenvalue weighted by Gasteiger charge is -2.10.